The molecular formula is C10H23N. The lowest BCUT2D eigenvalue weighted by Crippen LogP contribution is -2.34. The van der Waals surface area contributed by atoms with Crippen LogP contribution in [0.5, 0.6) is 0 Å². The molecule has 68 valence electrons. The third-order valence-corrected chi connectivity index (χ3v) is 2.23. The molecular weight excluding hydrogens is 134 g/mol. The summed E-state index contributed by atoms with van der Waals surface area (Å²) in [5.41, 5.74) is 6.28. The molecule has 0 rings (SSSR count). The standard InChI is InChI=1S/C10H23N/c1-5-6-7-8-9(11)10(2,3)4/h9H,5-8,11H2,1-4H3/t9-/m1/s1. The van der Waals surface area contributed by atoms with Crippen LogP contribution in [0.4, 0.5) is 0 Å². The van der Waals surface area contributed by atoms with Gasteiger partial charge in [-0.05, 0) is 11.8 Å². The minimum absolute atomic E-state index is 0.285. The first-order chi connectivity index (χ1) is 4.98. The summed E-state index contributed by atoms with van der Waals surface area (Å²) in [5.74, 6) is 0. The fraction of sp³-hybridized carbons (Fsp3) is 1.00. The third-order valence-electron chi connectivity index (χ3n) is 2.23. The van der Waals surface area contributed by atoms with E-state index >= 15 is 0 Å². The second kappa shape index (κ2) is 4.76. The van der Waals surface area contributed by atoms with Gasteiger partial charge in [-0.1, -0.05) is 47.0 Å². The zero-order chi connectivity index (χ0) is 8.91. The fourth-order valence-corrected chi connectivity index (χ4v) is 1.05. The summed E-state index contributed by atoms with van der Waals surface area (Å²) in [4.78, 5) is 0. The second-order valence-electron chi connectivity index (χ2n) is 4.47. The molecule has 1 heteroatoms. The average Bonchev–Trinajstić information content (AvgIpc) is 1.86. The summed E-state index contributed by atoms with van der Waals surface area (Å²) in [6.45, 7) is 8.86. The van der Waals surface area contributed by atoms with Gasteiger partial charge in [0.15, 0.2) is 0 Å². The predicted octanol–water partition coefficient (Wildman–Crippen LogP) is 2.94. The number of unbranched alkanes of at least 4 members (excludes halogenated alkanes) is 2. The number of hydrogen-bond donors (Lipinski definition) is 1. The fourth-order valence-electron chi connectivity index (χ4n) is 1.05. The van der Waals surface area contributed by atoms with Crippen LogP contribution in [0.3, 0.4) is 0 Å². The maximum Gasteiger partial charge on any atom is 0.00876 e. The summed E-state index contributed by atoms with van der Waals surface area (Å²) in [6.07, 6.45) is 5.08. The molecule has 0 aliphatic heterocycles. The van der Waals surface area contributed by atoms with Crippen molar-refractivity contribution in [2.24, 2.45) is 11.1 Å². The van der Waals surface area contributed by atoms with Crippen molar-refractivity contribution in [3.63, 3.8) is 0 Å². The van der Waals surface area contributed by atoms with Gasteiger partial charge in [-0.25, -0.2) is 0 Å². The predicted molar refractivity (Wildman–Crippen MR) is 51.6 cm³/mol. The minimum Gasteiger partial charge on any atom is -0.327 e. The Morgan fingerprint density at radius 1 is 1.18 bits per heavy atom. The number of rotatable bonds is 4. The van der Waals surface area contributed by atoms with E-state index in [4.69, 9.17) is 5.73 Å². The van der Waals surface area contributed by atoms with E-state index in [1.54, 1.807) is 0 Å². The molecule has 11 heavy (non-hydrogen) atoms. The van der Waals surface area contributed by atoms with Crippen LogP contribution in [0.1, 0.15) is 53.4 Å². The Hall–Kier alpha value is -0.0400. The Bertz CT molecular complexity index is 91.5. The van der Waals surface area contributed by atoms with Crippen LogP contribution in [0, 0.1) is 5.41 Å². The highest BCUT2D eigenvalue weighted by Crippen LogP contribution is 2.21. The van der Waals surface area contributed by atoms with Crippen molar-refractivity contribution >= 4 is 0 Å². The number of hydrogen-bond acceptors (Lipinski definition) is 1. The zero-order valence-electron chi connectivity index (χ0n) is 8.48. The molecule has 0 saturated carbocycles. The zero-order valence-corrected chi connectivity index (χ0v) is 8.48. The van der Waals surface area contributed by atoms with Crippen LogP contribution in [0.15, 0.2) is 0 Å². The van der Waals surface area contributed by atoms with Crippen molar-refractivity contribution in [2.75, 3.05) is 0 Å². The van der Waals surface area contributed by atoms with Gasteiger partial charge < -0.3 is 5.73 Å². The molecule has 0 aliphatic rings. The first-order valence-corrected chi connectivity index (χ1v) is 4.74. The van der Waals surface area contributed by atoms with E-state index in [0.29, 0.717) is 6.04 Å². The van der Waals surface area contributed by atoms with E-state index in [0.717, 1.165) is 0 Å². The Balaban J connectivity index is 3.44. The van der Waals surface area contributed by atoms with Gasteiger partial charge in [0.25, 0.3) is 0 Å². The van der Waals surface area contributed by atoms with Crippen LogP contribution >= 0.6 is 0 Å². The van der Waals surface area contributed by atoms with Gasteiger partial charge in [-0.3, -0.25) is 0 Å². The quantitative estimate of drug-likeness (QED) is 0.624. The normalized spacial score (nSPS) is 15.0. The van der Waals surface area contributed by atoms with Crippen LogP contribution in [0.25, 0.3) is 0 Å². The lowest BCUT2D eigenvalue weighted by molar-refractivity contribution is 0.299. The minimum atomic E-state index is 0.285. The lowest BCUT2D eigenvalue weighted by atomic mass is 9.84. The third kappa shape index (κ3) is 5.25. The Kier molecular flexibility index (Phi) is 4.74. The van der Waals surface area contributed by atoms with Gasteiger partial charge in [0.2, 0.25) is 0 Å². The van der Waals surface area contributed by atoms with Crippen molar-refractivity contribution in [3.05, 3.63) is 0 Å². The van der Waals surface area contributed by atoms with Crippen LogP contribution in [-0.2, 0) is 0 Å². The topological polar surface area (TPSA) is 26.0 Å². The summed E-state index contributed by atoms with van der Waals surface area (Å²) in [6, 6.07) is 0.369. The number of nitrogens with two attached hydrogens (primary N) is 1. The molecule has 0 bridgehead atoms. The summed E-state index contributed by atoms with van der Waals surface area (Å²) < 4.78 is 0. The van der Waals surface area contributed by atoms with E-state index in [1.165, 1.54) is 25.7 Å². The molecule has 0 aliphatic carbocycles. The molecule has 0 aromatic carbocycles. The molecule has 0 amide bonds. The highest BCUT2D eigenvalue weighted by Gasteiger charge is 2.19. The summed E-state index contributed by atoms with van der Waals surface area (Å²) in [5, 5.41) is 0. The maximum absolute atomic E-state index is 5.99. The van der Waals surface area contributed by atoms with Gasteiger partial charge in [0.1, 0.15) is 0 Å². The van der Waals surface area contributed by atoms with Gasteiger partial charge >= 0.3 is 0 Å². The van der Waals surface area contributed by atoms with E-state index < -0.39 is 0 Å². The lowest BCUT2D eigenvalue weighted by Gasteiger charge is -2.26. The molecule has 0 spiro atoms. The highest BCUT2D eigenvalue weighted by atomic mass is 14.7. The van der Waals surface area contributed by atoms with E-state index in [9.17, 15) is 0 Å². The Labute approximate surface area is 71.4 Å². The van der Waals surface area contributed by atoms with Crippen LogP contribution in [-0.4, -0.2) is 6.04 Å². The molecule has 1 atom stereocenters. The molecule has 0 saturated heterocycles. The SMILES string of the molecule is CCCCC[C@@H](N)C(C)(C)C. The van der Waals surface area contributed by atoms with Gasteiger partial charge in [0.05, 0.1) is 0 Å². The summed E-state index contributed by atoms with van der Waals surface area (Å²) in [7, 11) is 0. The van der Waals surface area contributed by atoms with Crippen molar-refractivity contribution in [1.29, 1.82) is 0 Å². The molecule has 0 aromatic rings. The molecule has 1 nitrogen and oxygen atoms in total. The second-order valence-corrected chi connectivity index (χ2v) is 4.47. The van der Waals surface area contributed by atoms with Crippen molar-refractivity contribution < 1.29 is 0 Å². The molecule has 0 aromatic heterocycles. The van der Waals surface area contributed by atoms with Gasteiger partial charge in [0, 0.05) is 6.04 Å². The Morgan fingerprint density at radius 3 is 2.09 bits per heavy atom. The van der Waals surface area contributed by atoms with E-state index in [1.807, 2.05) is 0 Å². The van der Waals surface area contributed by atoms with Crippen LogP contribution < -0.4 is 5.73 Å². The molecule has 0 radical (unpaired) electrons. The van der Waals surface area contributed by atoms with E-state index in [-0.39, 0.29) is 5.41 Å². The molecule has 0 heterocycles. The Morgan fingerprint density at radius 2 is 1.73 bits per heavy atom. The monoisotopic (exact) mass is 157 g/mol. The average molecular weight is 157 g/mol. The highest BCUT2D eigenvalue weighted by molar-refractivity contribution is 4.76. The van der Waals surface area contributed by atoms with Crippen molar-refractivity contribution in [3.8, 4) is 0 Å². The van der Waals surface area contributed by atoms with Gasteiger partial charge in [-0.15, -0.1) is 0 Å². The van der Waals surface area contributed by atoms with Crippen LogP contribution in [0.2, 0.25) is 0 Å². The van der Waals surface area contributed by atoms with Crippen molar-refractivity contribution in [1.82, 2.24) is 0 Å². The molecule has 2 N–H and O–H groups in total. The molecule has 0 fully saturated rings. The smallest absolute Gasteiger partial charge is 0.00876 e. The molecule has 0 unspecified atom stereocenters. The summed E-state index contributed by atoms with van der Waals surface area (Å²) >= 11 is 0. The maximum atomic E-state index is 5.99. The first-order valence-electron chi connectivity index (χ1n) is 4.74. The van der Waals surface area contributed by atoms with E-state index in [2.05, 4.69) is 27.7 Å². The van der Waals surface area contributed by atoms with Gasteiger partial charge in [-0.2, -0.15) is 0 Å². The largest absolute Gasteiger partial charge is 0.327 e. The first kappa shape index (κ1) is 11.0. The van der Waals surface area contributed by atoms with Crippen molar-refractivity contribution in [2.45, 2.75) is 59.4 Å².